The maximum Gasteiger partial charge on any atom is 0.269 e. The Hall–Kier alpha value is -2.62. The van der Waals surface area contributed by atoms with Crippen LogP contribution in [0.25, 0.3) is 22.4 Å². The van der Waals surface area contributed by atoms with Gasteiger partial charge in [0.05, 0.1) is 25.5 Å². The first kappa shape index (κ1) is 21.1. The van der Waals surface area contributed by atoms with E-state index in [4.69, 9.17) is 33.0 Å². The minimum Gasteiger partial charge on any atom is -0.394 e. The van der Waals surface area contributed by atoms with Crippen LogP contribution in [0.3, 0.4) is 0 Å². The average molecular weight is 429 g/mol. The quantitative estimate of drug-likeness (QED) is 0.566. The number of nitrogens with zero attached hydrogens (tertiary/aromatic N) is 2. The van der Waals surface area contributed by atoms with E-state index in [0.717, 1.165) is 11.1 Å². The van der Waals surface area contributed by atoms with Crippen molar-refractivity contribution >= 4 is 23.2 Å². The summed E-state index contributed by atoms with van der Waals surface area (Å²) in [4.78, 5) is 13.2. The van der Waals surface area contributed by atoms with E-state index in [1.807, 2.05) is 24.3 Å². The molecule has 2 aromatic carbocycles. The Morgan fingerprint density at radius 1 is 0.966 bits per heavy atom. The van der Waals surface area contributed by atoms with E-state index < -0.39 is 5.56 Å². The number of aromatic nitrogens is 1. The number of ether oxygens (including phenoxy) is 1. The number of benzene rings is 2. The van der Waals surface area contributed by atoms with Gasteiger partial charge in [-0.05, 0) is 41.5 Å². The van der Waals surface area contributed by atoms with Crippen molar-refractivity contribution in [1.82, 2.24) is 4.57 Å². The zero-order valence-corrected chi connectivity index (χ0v) is 17.0. The van der Waals surface area contributed by atoms with Gasteiger partial charge in [-0.25, -0.2) is 0 Å². The van der Waals surface area contributed by atoms with Gasteiger partial charge in [-0.15, -0.1) is 0 Å². The van der Waals surface area contributed by atoms with Gasteiger partial charge in [0.15, 0.2) is 0 Å². The molecule has 0 amide bonds. The number of aliphatic hydroxyl groups excluding tert-OH is 1. The van der Waals surface area contributed by atoms with Crippen LogP contribution in [0.4, 0.5) is 0 Å². The SMILES string of the molecule is N#Cc1c(-c2ccc(Cl)cc2)cc(-c2ccc(Cl)cc2)n(CCOCCO)c1=O. The topological polar surface area (TPSA) is 75.2 Å². The average Bonchev–Trinajstić information content (AvgIpc) is 2.73. The van der Waals surface area contributed by atoms with Crippen LogP contribution in [0.5, 0.6) is 0 Å². The van der Waals surface area contributed by atoms with E-state index in [2.05, 4.69) is 0 Å². The maximum atomic E-state index is 13.2. The first-order chi connectivity index (χ1) is 14.0. The van der Waals surface area contributed by atoms with Crippen molar-refractivity contribution in [3.63, 3.8) is 0 Å². The van der Waals surface area contributed by atoms with Crippen LogP contribution in [0, 0.1) is 11.3 Å². The summed E-state index contributed by atoms with van der Waals surface area (Å²) in [6.07, 6.45) is 0. The first-order valence-corrected chi connectivity index (χ1v) is 9.69. The molecule has 1 aromatic heterocycles. The van der Waals surface area contributed by atoms with Crippen molar-refractivity contribution in [1.29, 1.82) is 5.26 Å². The summed E-state index contributed by atoms with van der Waals surface area (Å²) in [7, 11) is 0. The molecule has 5 nitrogen and oxygen atoms in total. The third-order valence-electron chi connectivity index (χ3n) is 4.40. The zero-order chi connectivity index (χ0) is 20.8. The Bertz CT molecular complexity index is 1090. The molecule has 29 heavy (non-hydrogen) atoms. The van der Waals surface area contributed by atoms with E-state index in [1.165, 1.54) is 4.57 Å². The molecule has 0 spiro atoms. The molecule has 7 heteroatoms. The molecular weight excluding hydrogens is 411 g/mol. The fourth-order valence-electron chi connectivity index (χ4n) is 3.02. The van der Waals surface area contributed by atoms with E-state index in [-0.39, 0.29) is 31.9 Å². The Morgan fingerprint density at radius 3 is 2.10 bits per heavy atom. The molecule has 0 saturated carbocycles. The summed E-state index contributed by atoms with van der Waals surface area (Å²) in [6.45, 7) is 0.551. The summed E-state index contributed by atoms with van der Waals surface area (Å²) >= 11 is 12.0. The zero-order valence-electron chi connectivity index (χ0n) is 15.4. The van der Waals surface area contributed by atoms with Gasteiger partial charge < -0.3 is 14.4 Å². The predicted octanol–water partition coefficient (Wildman–Crippen LogP) is 4.37. The fourth-order valence-corrected chi connectivity index (χ4v) is 3.27. The molecule has 1 N–H and O–H groups in total. The van der Waals surface area contributed by atoms with Crippen molar-refractivity contribution in [2.24, 2.45) is 0 Å². The fraction of sp³-hybridized carbons (Fsp3) is 0.182. The second kappa shape index (κ2) is 9.73. The lowest BCUT2D eigenvalue weighted by Crippen LogP contribution is -2.27. The highest BCUT2D eigenvalue weighted by atomic mass is 35.5. The van der Waals surface area contributed by atoms with E-state index in [1.54, 1.807) is 36.4 Å². The van der Waals surface area contributed by atoms with Crippen LogP contribution in [0.2, 0.25) is 10.0 Å². The van der Waals surface area contributed by atoms with Crippen molar-refractivity contribution in [3.05, 3.63) is 80.6 Å². The molecule has 0 atom stereocenters. The van der Waals surface area contributed by atoms with Gasteiger partial charge in [-0.1, -0.05) is 47.5 Å². The molecule has 3 rings (SSSR count). The van der Waals surface area contributed by atoms with Crippen molar-refractivity contribution < 1.29 is 9.84 Å². The van der Waals surface area contributed by atoms with Crippen LogP contribution in [-0.4, -0.2) is 29.5 Å². The number of nitriles is 1. The number of hydrogen-bond donors (Lipinski definition) is 1. The molecule has 0 fully saturated rings. The summed E-state index contributed by atoms with van der Waals surface area (Å²) in [6, 6.07) is 18.0. The highest BCUT2D eigenvalue weighted by Crippen LogP contribution is 2.29. The lowest BCUT2D eigenvalue weighted by Gasteiger charge is -2.17. The molecule has 0 aliphatic carbocycles. The summed E-state index contributed by atoms with van der Waals surface area (Å²) in [5.74, 6) is 0. The smallest absolute Gasteiger partial charge is 0.269 e. The van der Waals surface area contributed by atoms with Gasteiger partial charge >= 0.3 is 0 Å². The Kier molecular flexibility index (Phi) is 7.08. The maximum absolute atomic E-state index is 13.2. The van der Waals surface area contributed by atoms with Crippen molar-refractivity contribution in [2.75, 3.05) is 19.8 Å². The Morgan fingerprint density at radius 2 is 1.55 bits per heavy atom. The van der Waals surface area contributed by atoms with Gasteiger partial charge in [-0.2, -0.15) is 5.26 Å². The lowest BCUT2D eigenvalue weighted by atomic mass is 9.98. The molecule has 0 bridgehead atoms. The molecule has 0 aliphatic rings. The Labute approximate surface area is 178 Å². The second-order valence-electron chi connectivity index (χ2n) is 6.24. The Balaban J connectivity index is 2.19. The largest absolute Gasteiger partial charge is 0.394 e. The van der Waals surface area contributed by atoms with Crippen LogP contribution in [0.1, 0.15) is 5.56 Å². The number of pyridine rings is 1. The van der Waals surface area contributed by atoms with Crippen molar-refractivity contribution in [2.45, 2.75) is 6.54 Å². The van der Waals surface area contributed by atoms with Gasteiger partial charge in [0.25, 0.3) is 5.56 Å². The van der Waals surface area contributed by atoms with E-state index >= 15 is 0 Å². The minimum atomic E-state index is -0.405. The van der Waals surface area contributed by atoms with Crippen LogP contribution in [-0.2, 0) is 11.3 Å². The normalized spacial score (nSPS) is 10.7. The molecule has 0 radical (unpaired) electrons. The molecule has 0 unspecified atom stereocenters. The van der Waals surface area contributed by atoms with Crippen LogP contribution >= 0.6 is 23.2 Å². The molecule has 148 valence electrons. The minimum absolute atomic E-state index is 0.0483. The third-order valence-corrected chi connectivity index (χ3v) is 4.91. The van der Waals surface area contributed by atoms with Crippen molar-refractivity contribution in [3.8, 4) is 28.5 Å². The number of halogens is 2. The third kappa shape index (κ3) is 4.87. The highest BCUT2D eigenvalue weighted by Gasteiger charge is 2.17. The highest BCUT2D eigenvalue weighted by molar-refractivity contribution is 6.30. The standard InChI is InChI=1S/C22H18Cl2N2O3/c23-17-5-1-15(2-6-17)19-13-21(16-3-7-18(24)8-4-16)26(9-11-29-12-10-27)22(28)20(19)14-25/h1-8,13,27H,9-12H2. The summed E-state index contributed by atoms with van der Waals surface area (Å²) in [5.41, 5.74) is 2.33. The first-order valence-electron chi connectivity index (χ1n) is 8.93. The number of hydrogen-bond acceptors (Lipinski definition) is 4. The second-order valence-corrected chi connectivity index (χ2v) is 7.11. The summed E-state index contributed by atoms with van der Waals surface area (Å²) < 4.78 is 6.84. The number of rotatable bonds is 7. The lowest BCUT2D eigenvalue weighted by molar-refractivity contribution is 0.0867. The predicted molar refractivity (Wildman–Crippen MR) is 114 cm³/mol. The van der Waals surface area contributed by atoms with Crippen LogP contribution in [0.15, 0.2) is 59.4 Å². The monoisotopic (exact) mass is 428 g/mol. The molecule has 1 heterocycles. The molecule has 3 aromatic rings. The number of aliphatic hydroxyl groups is 1. The molecule has 0 aliphatic heterocycles. The van der Waals surface area contributed by atoms with Gasteiger partial charge in [-0.3, -0.25) is 4.79 Å². The summed E-state index contributed by atoms with van der Waals surface area (Å²) in [5, 5.41) is 19.7. The van der Waals surface area contributed by atoms with Gasteiger partial charge in [0.1, 0.15) is 11.6 Å². The van der Waals surface area contributed by atoms with E-state index in [9.17, 15) is 10.1 Å². The van der Waals surface area contributed by atoms with Gasteiger partial charge in [0, 0.05) is 22.2 Å². The molecule has 0 saturated heterocycles. The van der Waals surface area contributed by atoms with E-state index in [0.29, 0.717) is 21.3 Å². The van der Waals surface area contributed by atoms with Gasteiger partial charge in [0.2, 0.25) is 0 Å². The molecular formula is C22H18Cl2N2O3. The van der Waals surface area contributed by atoms with Crippen LogP contribution < -0.4 is 5.56 Å².